The number of Topliss-reactive ketones (excluding diaryl/α,β-unsaturated/α-hetero) is 1. The number of aromatic nitrogens is 1. The molecule has 1 aromatic heterocycles. The van der Waals surface area contributed by atoms with Gasteiger partial charge in [0.1, 0.15) is 5.60 Å². The number of hydrogen-bond acceptors (Lipinski definition) is 4. The third-order valence-electron chi connectivity index (χ3n) is 4.78. The van der Waals surface area contributed by atoms with Gasteiger partial charge in [-0.1, -0.05) is 38.5 Å². The molecular weight excluding hydrogens is 316 g/mol. The predicted octanol–water partition coefficient (Wildman–Crippen LogP) is 4.13. The average molecular weight is 342 g/mol. The molecule has 0 spiro atoms. The smallest absolute Gasteiger partial charge is 0.419 e. The molecule has 2 heterocycles. The number of carbonyl (C=O) groups is 2. The van der Waals surface area contributed by atoms with Gasteiger partial charge in [0, 0.05) is 17.5 Å². The Kier molecular flexibility index (Phi) is 4.45. The van der Waals surface area contributed by atoms with Crippen molar-refractivity contribution in [2.24, 2.45) is 5.92 Å². The van der Waals surface area contributed by atoms with E-state index in [1.54, 1.807) is 4.57 Å². The van der Waals surface area contributed by atoms with Crippen LogP contribution >= 0.6 is 0 Å². The standard InChI is InChI=1S/C20H26N2O3/c1-6-12(2)17-18(23)16-13-9-7-8-10-14(13)22(15(16)11-21-17)19(24)25-20(3,4)5/h7-10,12,17,21H,6,11H2,1-5H3/t12?,17-/m0/s1. The molecule has 0 fully saturated rings. The molecule has 0 radical (unpaired) electrons. The van der Waals surface area contributed by atoms with E-state index in [9.17, 15) is 9.59 Å². The molecule has 1 unspecified atom stereocenters. The van der Waals surface area contributed by atoms with Crippen molar-refractivity contribution in [2.45, 2.75) is 59.2 Å². The minimum atomic E-state index is -0.597. The number of fused-ring (bicyclic) bond motifs is 3. The molecule has 0 bridgehead atoms. The Labute approximate surface area is 148 Å². The maximum absolute atomic E-state index is 13.1. The second-order valence-corrected chi connectivity index (χ2v) is 7.76. The van der Waals surface area contributed by atoms with E-state index in [0.29, 0.717) is 17.8 Å². The molecule has 5 heteroatoms. The summed E-state index contributed by atoms with van der Waals surface area (Å²) in [5, 5.41) is 4.14. The van der Waals surface area contributed by atoms with Crippen LogP contribution in [0.4, 0.5) is 4.79 Å². The highest BCUT2D eigenvalue weighted by Crippen LogP contribution is 2.32. The Bertz CT molecular complexity index is 829. The van der Waals surface area contributed by atoms with Crippen LogP contribution in [0.25, 0.3) is 10.9 Å². The first kappa shape index (κ1) is 17.7. The molecule has 134 valence electrons. The molecular formula is C20H26N2O3. The van der Waals surface area contributed by atoms with Gasteiger partial charge in [-0.05, 0) is 32.8 Å². The van der Waals surface area contributed by atoms with Crippen LogP contribution in [0.2, 0.25) is 0 Å². The predicted molar refractivity (Wildman–Crippen MR) is 98.0 cm³/mol. The normalized spacial score (nSPS) is 18.9. The molecule has 2 aromatic rings. The molecule has 0 amide bonds. The maximum atomic E-state index is 13.1. The van der Waals surface area contributed by atoms with Crippen LogP contribution in [0.15, 0.2) is 24.3 Å². The highest BCUT2D eigenvalue weighted by Gasteiger charge is 2.36. The fraction of sp³-hybridized carbons (Fsp3) is 0.500. The van der Waals surface area contributed by atoms with Crippen LogP contribution in [0.1, 0.15) is 57.1 Å². The number of nitrogens with zero attached hydrogens (tertiary/aromatic N) is 1. The van der Waals surface area contributed by atoms with E-state index in [2.05, 4.69) is 19.2 Å². The summed E-state index contributed by atoms with van der Waals surface area (Å²) < 4.78 is 7.12. The SMILES string of the molecule is CCC(C)[C@@H]1NCc2c(c3ccccc3n2C(=O)OC(C)(C)C)C1=O. The third kappa shape index (κ3) is 3.09. The van der Waals surface area contributed by atoms with E-state index >= 15 is 0 Å². The van der Waals surface area contributed by atoms with E-state index in [1.165, 1.54) is 0 Å². The number of hydrogen-bond donors (Lipinski definition) is 1. The number of ether oxygens (including phenoxy) is 1. The fourth-order valence-electron chi connectivity index (χ4n) is 3.40. The Hall–Kier alpha value is -2.14. The van der Waals surface area contributed by atoms with Crippen molar-refractivity contribution in [3.8, 4) is 0 Å². The Morgan fingerprint density at radius 2 is 2.04 bits per heavy atom. The number of carbonyl (C=O) groups excluding carboxylic acids is 2. The van der Waals surface area contributed by atoms with Gasteiger partial charge in [0.25, 0.3) is 0 Å². The van der Waals surface area contributed by atoms with Crippen molar-refractivity contribution in [1.82, 2.24) is 9.88 Å². The van der Waals surface area contributed by atoms with Gasteiger partial charge in [-0.2, -0.15) is 0 Å². The van der Waals surface area contributed by atoms with Crippen molar-refractivity contribution in [3.63, 3.8) is 0 Å². The first-order chi connectivity index (χ1) is 11.7. The zero-order valence-corrected chi connectivity index (χ0v) is 15.6. The summed E-state index contributed by atoms with van der Waals surface area (Å²) in [6.45, 7) is 10.2. The van der Waals surface area contributed by atoms with Crippen LogP contribution in [0.3, 0.4) is 0 Å². The van der Waals surface area contributed by atoms with Crippen LogP contribution in [-0.2, 0) is 11.3 Å². The molecule has 0 aliphatic carbocycles. The van der Waals surface area contributed by atoms with Crippen molar-refractivity contribution in [2.75, 3.05) is 0 Å². The first-order valence-corrected chi connectivity index (χ1v) is 8.88. The van der Waals surface area contributed by atoms with Crippen LogP contribution < -0.4 is 5.32 Å². The average Bonchev–Trinajstić information content (AvgIpc) is 2.88. The summed E-state index contributed by atoms with van der Waals surface area (Å²) >= 11 is 0. The second kappa shape index (κ2) is 6.30. The lowest BCUT2D eigenvalue weighted by molar-refractivity contribution is 0.0538. The quantitative estimate of drug-likeness (QED) is 0.891. The van der Waals surface area contributed by atoms with Crippen molar-refractivity contribution >= 4 is 22.8 Å². The van der Waals surface area contributed by atoms with Gasteiger partial charge in [0.15, 0.2) is 5.78 Å². The molecule has 1 aromatic carbocycles. The monoisotopic (exact) mass is 342 g/mol. The van der Waals surface area contributed by atoms with Crippen LogP contribution in [0.5, 0.6) is 0 Å². The lowest BCUT2D eigenvalue weighted by atomic mass is 9.88. The van der Waals surface area contributed by atoms with Gasteiger partial charge in [-0.15, -0.1) is 0 Å². The number of para-hydroxylation sites is 1. The summed E-state index contributed by atoms with van der Waals surface area (Å²) in [7, 11) is 0. The van der Waals surface area contributed by atoms with Gasteiger partial charge in [0.2, 0.25) is 0 Å². The van der Waals surface area contributed by atoms with Crippen molar-refractivity contribution < 1.29 is 14.3 Å². The number of rotatable bonds is 2. The van der Waals surface area contributed by atoms with E-state index in [1.807, 2.05) is 45.0 Å². The molecule has 0 saturated carbocycles. The van der Waals surface area contributed by atoms with Crippen molar-refractivity contribution in [1.29, 1.82) is 0 Å². The van der Waals surface area contributed by atoms with Crippen LogP contribution in [0, 0.1) is 5.92 Å². The molecule has 1 N–H and O–H groups in total. The fourth-order valence-corrected chi connectivity index (χ4v) is 3.40. The highest BCUT2D eigenvalue weighted by molar-refractivity contribution is 6.14. The largest absolute Gasteiger partial charge is 0.443 e. The summed E-state index contributed by atoms with van der Waals surface area (Å²) in [5.41, 5.74) is 1.48. The van der Waals surface area contributed by atoms with E-state index in [-0.39, 0.29) is 17.7 Å². The molecule has 25 heavy (non-hydrogen) atoms. The van der Waals surface area contributed by atoms with Gasteiger partial charge in [-0.3, -0.25) is 4.79 Å². The van der Waals surface area contributed by atoms with E-state index in [4.69, 9.17) is 4.74 Å². The number of nitrogens with one attached hydrogen (secondary N) is 1. The van der Waals surface area contributed by atoms with Gasteiger partial charge in [-0.25, -0.2) is 9.36 Å². The molecule has 1 aliphatic rings. The Morgan fingerprint density at radius 1 is 1.36 bits per heavy atom. The number of benzene rings is 1. The second-order valence-electron chi connectivity index (χ2n) is 7.76. The summed E-state index contributed by atoms with van der Waals surface area (Å²) in [4.78, 5) is 25.9. The Balaban J connectivity index is 2.16. The Morgan fingerprint density at radius 3 is 2.68 bits per heavy atom. The van der Waals surface area contributed by atoms with Gasteiger partial charge in [0.05, 0.1) is 17.3 Å². The molecule has 2 atom stereocenters. The lowest BCUT2D eigenvalue weighted by Crippen LogP contribution is -2.46. The summed E-state index contributed by atoms with van der Waals surface area (Å²) in [5.74, 6) is 0.304. The lowest BCUT2D eigenvalue weighted by Gasteiger charge is -2.28. The van der Waals surface area contributed by atoms with Crippen LogP contribution in [-0.4, -0.2) is 28.1 Å². The molecule has 3 rings (SSSR count). The minimum absolute atomic E-state index is 0.0640. The summed E-state index contributed by atoms with van der Waals surface area (Å²) in [6, 6.07) is 7.33. The first-order valence-electron chi connectivity index (χ1n) is 8.88. The third-order valence-corrected chi connectivity index (χ3v) is 4.78. The summed E-state index contributed by atoms with van der Waals surface area (Å²) in [6.07, 6.45) is 0.477. The number of ketones is 1. The molecule has 0 saturated heterocycles. The van der Waals surface area contributed by atoms with Gasteiger partial charge < -0.3 is 10.1 Å². The van der Waals surface area contributed by atoms with E-state index in [0.717, 1.165) is 17.3 Å². The zero-order chi connectivity index (χ0) is 18.4. The zero-order valence-electron chi connectivity index (χ0n) is 15.6. The molecule has 1 aliphatic heterocycles. The van der Waals surface area contributed by atoms with Gasteiger partial charge >= 0.3 is 6.09 Å². The maximum Gasteiger partial charge on any atom is 0.419 e. The topological polar surface area (TPSA) is 60.3 Å². The highest BCUT2D eigenvalue weighted by atomic mass is 16.6. The molecule has 5 nitrogen and oxygen atoms in total. The van der Waals surface area contributed by atoms with E-state index < -0.39 is 11.7 Å². The van der Waals surface area contributed by atoms with Crippen molar-refractivity contribution in [3.05, 3.63) is 35.5 Å². The minimum Gasteiger partial charge on any atom is -0.443 e.